The fourth-order valence-electron chi connectivity index (χ4n) is 3.21. The molecule has 3 aliphatic rings. The predicted molar refractivity (Wildman–Crippen MR) is 77.0 cm³/mol. The number of urea groups is 1. The molecular weight excluding hydrogens is 324 g/mol. The Kier molecular flexibility index (Phi) is 3.08. The summed E-state index contributed by atoms with van der Waals surface area (Å²) in [6, 6.07) is -0.956. The second-order valence-corrected chi connectivity index (χ2v) is 5.96. The smallest absolute Gasteiger partial charge is 0.321 e. The van der Waals surface area contributed by atoms with Crippen molar-refractivity contribution in [3.63, 3.8) is 0 Å². The highest BCUT2D eigenvalue weighted by atomic mass is 79.9. The van der Waals surface area contributed by atoms with Crippen LogP contribution in [0.5, 0.6) is 0 Å². The first-order valence-corrected chi connectivity index (χ1v) is 7.10. The van der Waals surface area contributed by atoms with E-state index in [2.05, 4.69) is 21.5 Å². The maximum absolute atomic E-state index is 12.1. The number of nitrogens with two attached hydrogens (primary N) is 1. The van der Waals surface area contributed by atoms with Crippen molar-refractivity contribution in [2.24, 2.45) is 11.7 Å². The maximum atomic E-state index is 12.1. The fraction of sp³-hybridized carbons (Fsp3) is 0.385. The molecule has 0 aromatic carbocycles. The Hall–Kier alpha value is -1.76. The summed E-state index contributed by atoms with van der Waals surface area (Å²) >= 11 is 3.48. The van der Waals surface area contributed by atoms with Crippen LogP contribution in [0.4, 0.5) is 4.79 Å². The monoisotopic (exact) mass is 338 g/mol. The molecule has 3 atom stereocenters. The second kappa shape index (κ2) is 4.66. The molecule has 20 heavy (non-hydrogen) atoms. The number of nitrogens with one attached hydrogen (secondary N) is 1. The van der Waals surface area contributed by atoms with E-state index in [1.807, 2.05) is 35.4 Å². The molecule has 106 valence electrons. The molecule has 1 saturated heterocycles. The Balaban J connectivity index is 2.05. The average Bonchev–Trinajstić information content (AvgIpc) is 2.37. The van der Waals surface area contributed by atoms with Gasteiger partial charge in [0.15, 0.2) is 0 Å². The highest BCUT2D eigenvalue weighted by Crippen LogP contribution is 2.41. The highest BCUT2D eigenvalue weighted by molar-refractivity contribution is 9.07. The van der Waals surface area contributed by atoms with Gasteiger partial charge in [-0.3, -0.25) is 13.6 Å². The van der Waals surface area contributed by atoms with Crippen LogP contribution in [0, 0.1) is 5.92 Å². The molecule has 7 heteroatoms. The van der Waals surface area contributed by atoms with Gasteiger partial charge in [-0.05, 0) is 30.3 Å². The number of halogens is 1. The lowest BCUT2D eigenvalue weighted by Gasteiger charge is -2.46. The van der Waals surface area contributed by atoms with Crippen molar-refractivity contribution in [1.82, 2.24) is 14.1 Å². The summed E-state index contributed by atoms with van der Waals surface area (Å²) < 4.78 is 1.87. The van der Waals surface area contributed by atoms with Gasteiger partial charge in [0.1, 0.15) is 6.17 Å². The number of amides is 3. The van der Waals surface area contributed by atoms with Crippen LogP contribution in [-0.2, 0) is 4.79 Å². The van der Waals surface area contributed by atoms with E-state index < -0.39 is 6.03 Å². The summed E-state index contributed by atoms with van der Waals surface area (Å²) in [4.78, 5) is 24.8. The molecule has 3 amide bonds. The highest BCUT2D eigenvalue weighted by Gasteiger charge is 2.45. The number of allylic oxidation sites excluding steroid dienone is 2. The summed E-state index contributed by atoms with van der Waals surface area (Å²) in [6.07, 6.45) is 7.94. The summed E-state index contributed by atoms with van der Waals surface area (Å²) in [7, 11) is 0. The standard InChI is InChI=1S/C13H15BrN4O2/c1-7-11-8(5-10(19)18(7)13(15)20)6-17(14)12-9(11)3-2-4-16-12/h2-4,6-7,11-12,16H,5H2,1H3,(H2,15,20). The Bertz CT molecular complexity index is 569. The van der Waals surface area contributed by atoms with E-state index in [1.165, 1.54) is 4.90 Å². The number of nitrogens with zero attached hydrogens (tertiary/aromatic N) is 2. The maximum Gasteiger partial charge on any atom is 0.321 e. The number of rotatable bonds is 0. The molecule has 1 fully saturated rings. The number of carbonyl (C=O) groups excluding carboxylic acids is 2. The molecule has 3 heterocycles. The van der Waals surface area contributed by atoms with E-state index >= 15 is 0 Å². The van der Waals surface area contributed by atoms with Crippen molar-refractivity contribution in [2.45, 2.75) is 25.6 Å². The van der Waals surface area contributed by atoms with Crippen LogP contribution in [-0.4, -0.2) is 33.0 Å². The summed E-state index contributed by atoms with van der Waals surface area (Å²) in [5.74, 6) is -0.233. The van der Waals surface area contributed by atoms with Gasteiger partial charge in [-0.2, -0.15) is 0 Å². The zero-order valence-corrected chi connectivity index (χ0v) is 12.5. The van der Waals surface area contributed by atoms with Crippen LogP contribution in [0.3, 0.4) is 0 Å². The third-order valence-electron chi connectivity index (χ3n) is 4.00. The zero-order valence-electron chi connectivity index (χ0n) is 10.9. The lowest BCUT2D eigenvalue weighted by atomic mass is 9.76. The molecule has 0 bridgehead atoms. The largest absolute Gasteiger partial charge is 0.367 e. The SMILES string of the molecule is CC1C2C(=CN(Br)C3NC=CC=C23)CC(=O)N1C(N)=O. The Morgan fingerprint density at radius 3 is 3.00 bits per heavy atom. The van der Waals surface area contributed by atoms with Gasteiger partial charge in [-0.1, -0.05) is 6.08 Å². The first-order chi connectivity index (χ1) is 9.50. The molecule has 0 aliphatic carbocycles. The molecule has 3 unspecified atom stereocenters. The molecular formula is C13H15BrN4O2. The van der Waals surface area contributed by atoms with E-state index in [1.54, 1.807) is 0 Å². The van der Waals surface area contributed by atoms with Gasteiger partial charge in [0.25, 0.3) is 0 Å². The zero-order chi connectivity index (χ0) is 14.4. The Morgan fingerprint density at radius 1 is 1.55 bits per heavy atom. The second-order valence-electron chi connectivity index (χ2n) is 5.14. The predicted octanol–water partition coefficient (Wildman–Crippen LogP) is 1.18. The first-order valence-electron chi connectivity index (χ1n) is 6.39. The van der Waals surface area contributed by atoms with E-state index in [0.29, 0.717) is 0 Å². The molecule has 3 rings (SSSR count). The van der Waals surface area contributed by atoms with Crippen LogP contribution < -0.4 is 11.1 Å². The van der Waals surface area contributed by atoms with E-state index in [9.17, 15) is 9.59 Å². The van der Waals surface area contributed by atoms with E-state index in [4.69, 9.17) is 5.73 Å². The number of hydrogen-bond acceptors (Lipinski definition) is 4. The number of imide groups is 1. The fourth-order valence-corrected chi connectivity index (χ4v) is 3.83. The third-order valence-corrected chi connectivity index (χ3v) is 4.61. The molecule has 3 N–H and O–H groups in total. The minimum Gasteiger partial charge on any atom is -0.367 e. The summed E-state index contributed by atoms with van der Waals surface area (Å²) in [6.45, 7) is 1.86. The number of dihydropyridines is 1. The van der Waals surface area contributed by atoms with Gasteiger partial charge in [0.05, 0.1) is 22.6 Å². The number of likely N-dealkylation sites (tertiary alicyclic amines) is 1. The van der Waals surface area contributed by atoms with Gasteiger partial charge in [0.2, 0.25) is 5.91 Å². The van der Waals surface area contributed by atoms with Crippen LogP contribution >= 0.6 is 16.1 Å². The normalized spacial score (nSPS) is 31.9. The van der Waals surface area contributed by atoms with Crippen LogP contribution in [0.25, 0.3) is 0 Å². The minimum absolute atomic E-state index is 0.0106. The van der Waals surface area contributed by atoms with Crippen LogP contribution in [0.2, 0.25) is 0 Å². The molecule has 0 aromatic heterocycles. The minimum atomic E-state index is -0.681. The van der Waals surface area contributed by atoms with Gasteiger partial charge in [-0.25, -0.2) is 4.79 Å². The quantitative estimate of drug-likeness (QED) is 0.650. The van der Waals surface area contributed by atoms with Crippen molar-refractivity contribution in [2.75, 3.05) is 0 Å². The van der Waals surface area contributed by atoms with Crippen molar-refractivity contribution >= 4 is 28.1 Å². The molecule has 0 radical (unpaired) electrons. The van der Waals surface area contributed by atoms with Crippen LogP contribution in [0.15, 0.2) is 35.7 Å². The van der Waals surface area contributed by atoms with Gasteiger partial charge >= 0.3 is 6.03 Å². The number of fused-ring (bicyclic) bond motifs is 3. The number of carbonyl (C=O) groups is 2. The Morgan fingerprint density at radius 2 is 2.30 bits per heavy atom. The lowest BCUT2D eigenvalue weighted by molar-refractivity contribution is -0.131. The van der Waals surface area contributed by atoms with Gasteiger partial charge in [-0.15, -0.1) is 0 Å². The van der Waals surface area contributed by atoms with E-state index in [-0.39, 0.29) is 30.5 Å². The molecule has 0 aromatic rings. The van der Waals surface area contributed by atoms with Crippen molar-refractivity contribution < 1.29 is 9.59 Å². The van der Waals surface area contributed by atoms with Crippen molar-refractivity contribution in [3.8, 4) is 0 Å². The molecule has 6 nitrogen and oxygen atoms in total. The number of primary amides is 1. The topological polar surface area (TPSA) is 78.7 Å². The van der Waals surface area contributed by atoms with Gasteiger partial charge in [0, 0.05) is 18.2 Å². The Labute approximate surface area is 125 Å². The van der Waals surface area contributed by atoms with Crippen molar-refractivity contribution in [3.05, 3.63) is 35.7 Å². The molecule has 3 aliphatic heterocycles. The summed E-state index contributed by atoms with van der Waals surface area (Å²) in [5, 5.41) is 3.25. The molecule has 0 saturated carbocycles. The third kappa shape index (κ3) is 1.84. The van der Waals surface area contributed by atoms with Crippen molar-refractivity contribution in [1.29, 1.82) is 0 Å². The summed E-state index contributed by atoms with van der Waals surface area (Å²) in [5.41, 5.74) is 7.46. The first kappa shape index (κ1) is 13.2. The van der Waals surface area contributed by atoms with Gasteiger partial charge < -0.3 is 11.1 Å². The number of piperidine rings is 1. The number of hydrogen-bond donors (Lipinski definition) is 2. The van der Waals surface area contributed by atoms with E-state index in [0.717, 1.165) is 11.1 Å². The average molecular weight is 339 g/mol. The lowest BCUT2D eigenvalue weighted by Crippen LogP contribution is -2.57. The van der Waals surface area contributed by atoms with Crippen LogP contribution in [0.1, 0.15) is 13.3 Å². The molecule has 0 spiro atoms.